The number of aromatic nitrogens is 1. The minimum absolute atomic E-state index is 0.0137. The summed E-state index contributed by atoms with van der Waals surface area (Å²) in [4.78, 5) is 21.1. The highest BCUT2D eigenvalue weighted by atomic mass is 32.1. The largest absolute Gasteiger partial charge is 0.502 e. The van der Waals surface area contributed by atoms with Crippen molar-refractivity contribution in [2.75, 3.05) is 6.61 Å². The number of ether oxygens (including phenoxy) is 2. The molecule has 3 rings (SSSR count). The Kier molecular flexibility index (Phi) is 8.62. The predicted molar refractivity (Wildman–Crippen MR) is 134 cm³/mol. The van der Waals surface area contributed by atoms with Crippen LogP contribution in [0.2, 0.25) is 0 Å². The van der Waals surface area contributed by atoms with E-state index in [0.717, 1.165) is 34.7 Å². The quantitative estimate of drug-likeness (QED) is 0.235. The summed E-state index contributed by atoms with van der Waals surface area (Å²) in [6.45, 7) is 15.8. The zero-order valence-corrected chi connectivity index (χ0v) is 20.5. The Morgan fingerprint density at radius 3 is 2.73 bits per heavy atom. The fraction of sp³-hybridized carbons (Fsp3) is 0.370. The highest BCUT2D eigenvalue weighted by molar-refractivity contribution is 7.18. The van der Waals surface area contributed by atoms with E-state index in [1.54, 1.807) is 11.3 Å². The fourth-order valence-electron chi connectivity index (χ4n) is 3.80. The molecule has 0 unspecified atom stereocenters. The van der Waals surface area contributed by atoms with E-state index in [9.17, 15) is 4.79 Å². The van der Waals surface area contributed by atoms with Crippen LogP contribution < -0.4 is 4.74 Å². The van der Waals surface area contributed by atoms with Crippen molar-refractivity contribution in [1.82, 2.24) is 4.98 Å². The first-order valence-electron chi connectivity index (χ1n) is 11.4. The van der Waals surface area contributed by atoms with Crippen LogP contribution >= 0.6 is 11.3 Å². The summed E-state index contributed by atoms with van der Waals surface area (Å²) in [5.74, 6) is 0.465. The highest BCUT2D eigenvalue weighted by Crippen LogP contribution is 2.38. The van der Waals surface area contributed by atoms with E-state index >= 15 is 0 Å². The van der Waals surface area contributed by atoms with Gasteiger partial charge >= 0.3 is 5.97 Å². The lowest BCUT2D eigenvalue weighted by Crippen LogP contribution is -2.05. The Bertz CT molecular complexity index is 1140. The fourth-order valence-corrected chi connectivity index (χ4v) is 4.76. The van der Waals surface area contributed by atoms with Crippen molar-refractivity contribution >= 4 is 23.0 Å². The number of thiazole rings is 1. The second-order valence-electron chi connectivity index (χ2n) is 7.95. The van der Waals surface area contributed by atoms with Gasteiger partial charge in [-0.15, -0.1) is 11.3 Å². The molecule has 0 saturated heterocycles. The van der Waals surface area contributed by atoms with Gasteiger partial charge in [-0.3, -0.25) is 4.79 Å². The number of nitrogens with zero attached hydrogens (tertiary/aromatic N) is 2. The van der Waals surface area contributed by atoms with E-state index < -0.39 is 0 Å². The molecule has 0 aliphatic carbocycles. The van der Waals surface area contributed by atoms with E-state index in [1.165, 1.54) is 16.7 Å². The van der Waals surface area contributed by atoms with Crippen molar-refractivity contribution < 1.29 is 14.3 Å². The summed E-state index contributed by atoms with van der Waals surface area (Å²) in [5.41, 5.74) is 5.15. The number of carbonyl (C=O) groups is 1. The van der Waals surface area contributed by atoms with Crippen molar-refractivity contribution in [3.8, 4) is 26.8 Å². The number of carbonyl (C=O) groups excluding carboxylic acids is 1. The van der Waals surface area contributed by atoms with Gasteiger partial charge in [0.15, 0.2) is 0 Å². The molecule has 0 radical (unpaired) electrons. The van der Waals surface area contributed by atoms with Gasteiger partial charge in [0.05, 0.1) is 24.2 Å². The molecule has 1 aromatic heterocycles. The maximum absolute atomic E-state index is 11.7. The molecule has 0 spiro atoms. The van der Waals surface area contributed by atoms with Crippen LogP contribution in [0.1, 0.15) is 51.7 Å². The van der Waals surface area contributed by atoms with Gasteiger partial charge in [-0.2, -0.15) is 0 Å². The Hall–Kier alpha value is -3.17. The van der Waals surface area contributed by atoms with Gasteiger partial charge in [0.25, 0.3) is 0 Å². The van der Waals surface area contributed by atoms with Crippen molar-refractivity contribution in [2.45, 2.75) is 59.5 Å². The second-order valence-corrected chi connectivity index (χ2v) is 8.98. The summed E-state index contributed by atoms with van der Waals surface area (Å²) in [6, 6.07) is 12.0. The van der Waals surface area contributed by atoms with Crippen LogP contribution in [0.15, 0.2) is 42.6 Å². The predicted octanol–water partition coefficient (Wildman–Crippen LogP) is 7.26. The van der Waals surface area contributed by atoms with Crippen LogP contribution in [-0.2, 0) is 22.4 Å². The first kappa shape index (κ1) is 24.5. The summed E-state index contributed by atoms with van der Waals surface area (Å²) in [6.07, 6.45) is 4.88. The molecule has 0 fully saturated rings. The van der Waals surface area contributed by atoms with E-state index in [4.69, 9.17) is 16.0 Å². The Morgan fingerprint density at radius 2 is 2.03 bits per heavy atom. The molecule has 172 valence electrons. The maximum atomic E-state index is 11.7. The van der Waals surface area contributed by atoms with Crippen molar-refractivity contribution in [3.05, 3.63) is 65.1 Å². The van der Waals surface area contributed by atoms with Gasteiger partial charge < -0.3 is 9.47 Å². The average Bonchev–Trinajstić information content (AvgIpc) is 3.29. The lowest BCUT2D eigenvalue weighted by atomic mass is 9.94. The number of hydrogen-bond donors (Lipinski definition) is 0. The maximum Gasteiger partial charge on any atom is 0.305 e. The zero-order chi connectivity index (χ0) is 23.8. The summed E-state index contributed by atoms with van der Waals surface area (Å²) in [7, 11) is 0. The lowest BCUT2D eigenvalue weighted by molar-refractivity contribution is -0.143. The highest BCUT2D eigenvalue weighted by Gasteiger charge is 2.15. The normalized spacial score (nSPS) is 10.8. The van der Waals surface area contributed by atoms with Crippen molar-refractivity contribution in [1.29, 1.82) is 0 Å². The Labute approximate surface area is 200 Å². The first-order valence-corrected chi connectivity index (χ1v) is 12.2. The molecule has 0 saturated carbocycles. The molecule has 0 amide bonds. The van der Waals surface area contributed by atoms with Gasteiger partial charge in [-0.05, 0) is 68.9 Å². The van der Waals surface area contributed by atoms with Crippen molar-refractivity contribution in [2.24, 2.45) is 0 Å². The summed E-state index contributed by atoms with van der Waals surface area (Å²) < 4.78 is 10.8. The molecule has 0 bridgehead atoms. The summed E-state index contributed by atoms with van der Waals surface area (Å²) >= 11 is 1.62. The van der Waals surface area contributed by atoms with Crippen molar-refractivity contribution in [3.63, 3.8) is 0 Å². The molecule has 0 aliphatic rings. The first-order chi connectivity index (χ1) is 16.0. The van der Waals surface area contributed by atoms with Crippen LogP contribution in [0.3, 0.4) is 0 Å². The van der Waals surface area contributed by atoms with Gasteiger partial charge in [-0.25, -0.2) is 9.83 Å². The number of aryl methyl sites for hydroxylation is 1. The third-order valence-electron chi connectivity index (χ3n) is 5.22. The van der Waals surface area contributed by atoms with Gasteiger partial charge in [0.2, 0.25) is 5.69 Å². The minimum Gasteiger partial charge on any atom is -0.502 e. The SMILES string of the molecule is [C-]#[N+]c1cc(-c2ncc(-c3cccc(CCCC(=O)OCC)c3CC)s2)ccc1OC(C)C. The number of hydrogen-bond acceptors (Lipinski definition) is 5. The molecule has 0 atom stereocenters. The van der Waals surface area contributed by atoms with Crippen LogP contribution in [-0.4, -0.2) is 23.7 Å². The second kappa shape index (κ2) is 11.6. The topological polar surface area (TPSA) is 52.8 Å². The minimum atomic E-state index is -0.137. The molecular formula is C27H30N2O3S. The molecule has 6 heteroatoms. The third-order valence-corrected chi connectivity index (χ3v) is 6.30. The van der Waals surface area contributed by atoms with Crippen LogP contribution in [0.4, 0.5) is 5.69 Å². The zero-order valence-electron chi connectivity index (χ0n) is 19.7. The van der Waals surface area contributed by atoms with E-state index in [2.05, 4.69) is 35.0 Å². The summed E-state index contributed by atoms with van der Waals surface area (Å²) in [5, 5.41) is 0.876. The molecule has 1 heterocycles. The standard InChI is InChI=1S/C27H30N2O3S/c1-6-21-19(11-9-13-26(30)31-7-2)10-8-12-22(21)25-17-29-27(33-25)20-14-15-24(32-18(3)4)23(16-20)28-5/h8,10,12,14-18H,6-7,9,11,13H2,1-4H3. The molecule has 2 aromatic carbocycles. The van der Waals surface area contributed by atoms with Crippen LogP contribution in [0.5, 0.6) is 5.75 Å². The van der Waals surface area contributed by atoms with Crippen LogP contribution in [0, 0.1) is 6.57 Å². The third kappa shape index (κ3) is 6.21. The van der Waals surface area contributed by atoms with E-state index in [1.807, 2.05) is 45.2 Å². The van der Waals surface area contributed by atoms with Gasteiger partial charge in [0, 0.05) is 18.2 Å². The van der Waals surface area contributed by atoms with Crippen LogP contribution in [0.25, 0.3) is 25.9 Å². The molecule has 0 aliphatic heterocycles. The monoisotopic (exact) mass is 462 g/mol. The molecule has 5 nitrogen and oxygen atoms in total. The molecule has 0 N–H and O–H groups in total. The molecule has 3 aromatic rings. The molecular weight excluding hydrogens is 432 g/mol. The smallest absolute Gasteiger partial charge is 0.305 e. The number of benzene rings is 2. The lowest BCUT2D eigenvalue weighted by Gasteiger charge is -2.12. The average molecular weight is 463 g/mol. The Morgan fingerprint density at radius 1 is 1.21 bits per heavy atom. The van der Waals surface area contributed by atoms with Gasteiger partial charge in [0.1, 0.15) is 10.8 Å². The van der Waals surface area contributed by atoms with E-state index in [-0.39, 0.29) is 12.1 Å². The Balaban J connectivity index is 1.84. The van der Waals surface area contributed by atoms with Gasteiger partial charge in [-0.1, -0.05) is 31.2 Å². The number of esters is 1. The van der Waals surface area contributed by atoms with E-state index in [0.29, 0.717) is 24.5 Å². The molecule has 33 heavy (non-hydrogen) atoms. The number of rotatable bonds is 10.